The molecule has 72 heavy (non-hydrogen) atoms. The molecule has 1 saturated heterocycles. The Kier molecular flexibility index (Phi) is 16.2. The lowest BCUT2D eigenvalue weighted by molar-refractivity contribution is -0.164. The number of carbonyl (C=O) groups excluding carboxylic acids is 4. The predicted octanol–water partition coefficient (Wildman–Crippen LogP) is 8.72. The molecule has 3 aromatic carbocycles. The number of aryl methyl sites for hydroxylation is 2. The van der Waals surface area contributed by atoms with E-state index < -0.39 is 69.8 Å². The first-order valence-corrected chi connectivity index (χ1v) is 25.0. The molecule has 0 unspecified atom stereocenters. The maximum atomic E-state index is 15.6. The second kappa shape index (κ2) is 21.8. The number of rotatable bonds is 18. The highest BCUT2D eigenvalue weighted by atomic mass is 35.5. The molecular weight excluding hydrogens is 964 g/mol. The predicted molar refractivity (Wildman–Crippen MR) is 271 cm³/mol. The van der Waals surface area contributed by atoms with Gasteiger partial charge >= 0.3 is 0 Å². The molecule has 5 aromatic rings. The van der Waals surface area contributed by atoms with Crippen molar-refractivity contribution in [2.24, 2.45) is 16.2 Å². The van der Waals surface area contributed by atoms with Gasteiger partial charge in [-0.05, 0) is 66.3 Å². The number of pyridine rings is 1. The molecule has 3 amide bonds. The van der Waals surface area contributed by atoms with Gasteiger partial charge in [-0.3, -0.25) is 19.2 Å². The van der Waals surface area contributed by atoms with E-state index in [1.165, 1.54) is 23.2 Å². The summed E-state index contributed by atoms with van der Waals surface area (Å²) in [5, 5.41) is 28.9. The van der Waals surface area contributed by atoms with Gasteiger partial charge in [-0.25, -0.2) is 18.7 Å². The standard InChI is InChI=1S/C54H60ClF2N7O7S/c1-30-46(72-29-61-30)32-12-9-31(10-13-32)11-17-42(66)41-23-36(65)27-64(41)49(69)47(52(2,3)4)62-44(67)28-70-20-19-59-43-18-15-34(26-60-43)45-39(56)21-35(22-40(45)57)48(68)63-50-53(5,6)51(54(50,7)8)71-37-16-14-33(25-58)38(55)24-37/h9-10,12-16,18,21-22,24,26,29,36,41,47,50-51,65H,11,17,19-20,23,27-28H2,1-8H3,(H,59,60)(H,62,67)(H,63,68)/t36-,41+,47-,50?,51?/m1/s1. The molecule has 7 rings (SSSR count). The van der Waals surface area contributed by atoms with E-state index in [2.05, 4.69) is 25.9 Å². The number of ether oxygens (including phenoxy) is 2. The first-order valence-electron chi connectivity index (χ1n) is 23.7. The van der Waals surface area contributed by atoms with E-state index in [0.29, 0.717) is 23.6 Å². The first-order chi connectivity index (χ1) is 34.0. The fraction of sp³-hybridized carbons (Fsp3) is 0.426. The van der Waals surface area contributed by atoms with Crippen molar-refractivity contribution in [3.05, 3.63) is 117 Å². The third-order valence-corrected chi connectivity index (χ3v) is 14.8. The summed E-state index contributed by atoms with van der Waals surface area (Å²) in [6, 6.07) is 17.5. The number of anilines is 1. The highest BCUT2D eigenvalue weighted by molar-refractivity contribution is 7.13. The molecular formula is C54H60ClF2N7O7S. The van der Waals surface area contributed by atoms with Crippen LogP contribution in [0.25, 0.3) is 21.6 Å². The van der Waals surface area contributed by atoms with Crippen molar-refractivity contribution in [3.8, 4) is 33.4 Å². The summed E-state index contributed by atoms with van der Waals surface area (Å²) in [5.41, 5.74) is 2.78. The molecule has 14 nitrogen and oxygen atoms in total. The van der Waals surface area contributed by atoms with Crippen LogP contribution < -0.4 is 20.7 Å². The number of aliphatic hydroxyl groups is 1. The number of amides is 3. The third kappa shape index (κ3) is 11.8. The fourth-order valence-corrected chi connectivity index (χ4v) is 11.1. The Bertz CT molecular complexity index is 2820. The van der Waals surface area contributed by atoms with Gasteiger partial charge in [-0.2, -0.15) is 5.26 Å². The highest BCUT2D eigenvalue weighted by Gasteiger charge is 2.64. The number of benzene rings is 3. The Labute approximate surface area is 427 Å². The minimum absolute atomic E-state index is 0.0239. The van der Waals surface area contributed by atoms with E-state index in [0.717, 1.165) is 33.8 Å². The molecule has 3 atom stereocenters. The zero-order valence-corrected chi connectivity index (χ0v) is 43.1. The number of Topliss-reactive ketones (excluding diaryl/α,β-unsaturated/α-hetero) is 1. The molecule has 4 N–H and O–H groups in total. The van der Waals surface area contributed by atoms with Crippen molar-refractivity contribution < 1.29 is 42.5 Å². The molecule has 2 aliphatic rings. The number of likely N-dealkylation sites (tertiary alicyclic amines) is 1. The van der Waals surface area contributed by atoms with Gasteiger partial charge in [-0.15, -0.1) is 11.3 Å². The quantitative estimate of drug-likeness (QED) is 0.0613. The van der Waals surface area contributed by atoms with Gasteiger partial charge in [0, 0.05) is 66.2 Å². The second-order valence-electron chi connectivity index (χ2n) is 20.7. The smallest absolute Gasteiger partial charge is 0.251 e. The lowest BCUT2D eigenvalue weighted by atomic mass is 9.49. The van der Waals surface area contributed by atoms with Crippen LogP contribution in [-0.2, 0) is 25.5 Å². The number of hydrogen-bond donors (Lipinski definition) is 4. The van der Waals surface area contributed by atoms with Crippen molar-refractivity contribution in [1.82, 2.24) is 25.5 Å². The van der Waals surface area contributed by atoms with Crippen molar-refractivity contribution >= 4 is 52.3 Å². The maximum absolute atomic E-state index is 15.6. The van der Waals surface area contributed by atoms with Crippen LogP contribution in [0.15, 0.2) is 78.4 Å². The summed E-state index contributed by atoms with van der Waals surface area (Å²) in [6.07, 6.45) is 0.814. The van der Waals surface area contributed by atoms with E-state index in [9.17, 15) is 29.5 Å². The molecule has 18 heteroatoms. The van der Waals surface area contributed by atoms with Crippen LogP contribution in [-0.4, -0.2) is 100 Å². The Hall–Kier alpha value is -6.32. The largest absolute Gasteiger partial charge is 0.489 e. The lowest BCUT2D eigenvalue weighted by Gasteiger charge is -2.63. The van der Waals surface area contributed by atoms with Crippen LogP contribution in [0.1, 0.15) is 88.5 Å². The summed E-state index contributed by atoms with van der Waals surface area (Å²) < 4.78 is 43.1. The number of carbonyl (C=O) groups is 4. The third-order valence-electron chi connectivity index (χ3n) is 13.5. The van der Waals surface area contributed by atoms with Crippen LogP contribution in [0.5, 0.6) is 5.75 Å². The number of β-amino-alcohol motifs (C(OH)–C–C–N with tert-alkyl or cyclic N) is 1. The summed E-state index contributed by atoms with van der Waals surface area (Å²) in [7, 11) is 0. The summed E-state index contributed by atoms with van der Waals surface area (Å²) in [6.45, 7) is 15.0. The van der Waals surface area contributed by atoms with Crippen molar-refractivity contribution in [1.29, 1.82) is 5.26 Å². The van der Waals surface area contributed by atoms with Crippen LogP contribution >= 0.6 is 22.9 Å². The van der Waals surface area contributed by atoms with Gasteiger partial charge in [0.15, 0.2) is 5.78 Å². The first kappa shape index (κ1) is 53.5. The second-order valence-corrected chi connectivity index (χ2v) is 22.0. The Morgan fingerprint density at radius 1 is 0.986 bits per heavy atom. The average molecular weight is 1020 g/mol. The molecule has 2 aromatic heterocycles. The number of thiazole rings is 1. The molecule has 1 saturated carbocycles. The van der Waals surface area contributed by atoms with Crippen LogP contribution in [0.3, 0.4) is 0 Å². The minimum Gasteiger partial charge on any atom is -0.489 e. The molecule has 0 bridgehead atoms. The number of aliphatic hydroxyl groups excluding tert-OH is 1. The topological polar surface area (TPSA) is 196 Å². The van der Waals surface area contributed by atoms with Crippen molar-refractivity contribution in [2.45, 2.75) is 105 Å². The van der Waals surface area contributed by atoms with Crippen LogP contribution in [0.2, 0.25) is 5.02 Å². The number of nitrogens with zero attached hydrogens (tertiary/aromatic N) is 4. The number of nitrogens with one attached hydrogen (secondary N) is 3. The lowest BCUT2D eigenvalue weighted by Crippen LogP contribution is -2.74. The van der Waals surface area contributed by atoms with E-state index in [4.69, 9.17) is 21.1 Å². The number of aromatic nitrogens is 2. The molecule has 1 aliphatic carbocycles. The van der Waals surface area contributed by atoms with E-state index >= 15 is 8.78 Å². The minimum atomic E-state index is -1.01. The van der Waals surface area contributed by atoms with E-state index in [1.54, 1.807) is 55.8 Å². The SMILES string of the molecule is Cc1ncsc1-c1ccc(CCC(=O)[C@@H]2C[C@@H](O)CN2C(=O)[C@@H](NC(=O)COCCNc2ccc(-c3c(F)cc(C(=O)NC4C(C)(C)C(Oc5ccc(C#N)c(Cl)c5)C4(C)C)cc3F)cn2)C(C)(C)C)cc1. The average Bonchev–Trinajstić information content (AvgIpc) is 3.95. The van der Waals surface area contributed by atoms with E-state index in [1.807, 2.05) is 65.0 Å². The van der Waals surface area contributed by atoms with Gasteiger partial charge in [0.25, 0.3) is 5.91 Å². The van der Waals surface area contributed by atoms with Gasteiger partial charge < -0.3 is 35.4 Å². The van der Waals surface area contributed by atoms with Crippen molar-refractivity contribution in [2.75, 3.05) is 31.6 Å². The van der Waals surface area contributed by atoms with Crippen LogP contribution in [0.4, 0.5) is 14.6 Å². The maximum Gasteiger partial charge on any atom is 0.251 e. The number of nitriles is 1. The molecule has 0 spiro atoms. The van der Waals surface area contributed by atoms with Gasteiger partial charge in [-0.1, -0.05) is 84.3 Å². The normalized spacial score (nSPS) is 19.4. The van der Waals surface area contributed by atoms with E-state index in [-0.39, 0.29) is 72.7 Å². The monoisotopic (exact) mass is 1020 g/mol. The number of ketones is 1. The molecule has 380 valence electrons. The fourth-order valence-electron chi connectivity index (χ4n) is 10.1. The highest BCUT2D eigenvalue weighted by Crippen LogP contribution is 2.55. The Morgan fingerprint density at radius 2 is 1.67 bits per heavy atom. The number of halogens is 3. The van der Waals surface area contributed by atoms with Crippen molar-refractivity contribution in [3.63, 3.8) is 0 Å². The van der Waals surface area contributed by atoms with Gasteiger partial charge in [0.05, 0.1) is 51.0 Å². The molecule has 1 aliphatic heterocycles. The molecule has 3 heterocycles. The summed E-state index contributed by atoms with van der Waals surface area (Å²) in [4.78, 5) is 65.3. The molecule has 0 radical (unpaired) electrons. The zero-order chi connectivity index (χ0) is 52.3. The zero-order valence-electron chi connectivity index (χ0n) is 41.6. The molecule has 2 fully saturated rings. The summed E-state index contributed by atoms with van der Waals surface area (Å²) in [5.74, 6) is -2.86. The Morgan fingerprint density at radius 3 is 2.26 bits per heavy atom. The summed E-state index contributed by atoms with van der Waals surface area (Å²) >= 11 is 7.78. The Balaban J connectivity index is 0.866. The number of hydrogen-bond acceptors (Lipinski definition) is 12. The van der Waals surface area contributed by atoms with Crippen LogP contribution in [0, 0.1) is 46.1 Å². The van der Waals surface area contributed by atoms with Gasteiger partial charge in [0.2, 0.25) is 11.8 Å². The van der Waals surface area contributed by atoms with Gasteiger partial charge in [0.1, 0.15) is 48.0 Å².